The molecule has 0 fully saturated rings. The van der Waals surface area contributed by atoms with E-state index < -0.39 is 28.5 Å². The number of carbonyl (C=O) groups excluding carboxylic acids is 2. The van der Waals surface area contributed by atoms with E-state index in [9.17, 15) is 18.0 Å². The summed E-state index contributed by atoms with van der Waals surface area (Å²) in [5.74, 6) is -0.223. The van der Waals surface area contributed by atoms with Crippen molar-refractivity contribution in [2.75, 3.05) is 32.2 Å². The van der Waals surface area contributed by atoms with Gasteiger partial charge in [-0.15, -0.1) is 0 Å². The predicted octanol–water partition coefficient (Wildman–Crippen LogP) is 5.20. The molecule has 44 heavy (non-hydrogen) atoms. The van der Waals surface area contributed by atoms with Gasteiger partial charge in [-0.2, -0.15) is 0 Å². The number of hydrogen-bond acceptors (Lipinski definition) is 7. The van der Waals surface area contributed by atoms with Crippen molar-refractivity contribution in [2.45, 2.75) is 57.6 Å². The lowest BCUT2D eigenvalue weighted by Crippen LogP contribution is -2.53. The molecule has 0 radical (unpaired) electrons. The van der Waals surface area contributed by atoms with Gasteiger partial charge < -0.3 is 24.4 Å². The number of benzene rings is 3. The Kier molecular flexibility index (Phi) is 11.9. The Morgan fingerprint density at radius 1 is 0.909 bits per heavy atom. The molecule has 3 aromatic carbocycles. The minimum absolute atomic E-state index is 0.0540. The molecule has 1 unspecified atom stereocenters. The van der Waals surface area contributed by atoms with Crippen LogP contribution < -0.4 is 23.8 Å². The quantitative estimate of drug-likeness (QED) is 0.256. The predicted molar refractivity (Wildman–Crippen MR) is 171 cm³/mol. The van der Waals surface area contributed by atoms with Gasteiger partial charge in [0.15, 0.2) is 11.5 Å². The first kappa shape index (κ1) is 34.5. The minimum Gasteiger partial charge on any atom is -0.495 e. The molecule has 1 atom stereocenters. The van der Waals surface area contributed by atoms with Crippen LogP contribution in [0, 0.1) is 6.92 Å². The summed E-state index contributed by atoms with van der Waals surface area (Å²) in [5.41, 5.74) is 1.83. The fourth-order valence-electron chi connectivity index (χ4n) is 4.78. The molecule has 10 nitrogen and oxygen atoms in total. The third kappa shape index (κ3) is 8.15. The zero-order valence-corrected chi connectivity index (χ0v) is 27.7. The normalized spacial score (nSPS) is 11.9. The zero-order chi connectivity index (χ0) is 32.6. The SMILES string of the molecule is CCC(C(=O)NC(C)C)N(Cc1cccc(C)c1)C(=O)CN(c1cc(Cl)ccc1OC)S(=O)(=O)c1ccc(OC)c(OC)c1. The van der Waals surface area contributed by atoms with Gasteiger partial charge in [0.1, 0.15) is 18.3 Å². The van der Waals surface area contributed by atoms with Crippen molar-refractivity contribution in [3.63, 3.8) is 0 Å². The highest BCUT2D eigenvalue weighted by Crippen LogP contribution is 2.37. The van der Waals surface area contributed by atoms with E-state index in [-0.39, 0.29) is 45.6 Å². The summed E-state index contributed by atoms with van der Waals surface area (Å²) in [6, 6.07) is 15.2. The number of halogens is 1. The van der Waals surface area contributed by atoms with Crippen molar-refractivity contribution in [2.24, 2.45) is 0 Å². The molecule has 12 heteroatoms. The monoisotopic (exact) mass is 645 g/mol. The van der Waals surface area contributed by atoms with Crippen LogP contribution >= 0.6 is 11.6 Å². The number of rotatable bonds is 14. The van der Waals surface area contributed by atoms with Gasteiger partial charge in [-0.3, -0.25) is 13.9 Å². The van der Waals surface area contributed by atoms with Crippen LogP contribution in [-0.4, -0.2) is 65.1 Å². The number of anilines is 1. The van der Waals surface area contributed by atoms with Gasteiger partial charge in [-0.05, 0) is 63.1 Å². The van der Waals surface area contributed by atoms with Crippen LogP contribution in [0.3, 0.4) is 0 Å². The number of ether oxygens (including phenoxy) is 3. The number of aryl methyl sites for hydroxylation is 1. The molecule has 0 aliphatic rings. The Morgan fingerprint density at radius 3 is 2.16 bits per heavy atom. The molecule has 3 aromatic rings. The topological polar surface area (TPSA) is 114 Å². The third-order valence-electron chi connectivity index (χ3n) is 6.88. The first-order valence-corrected chi connectivity index (χ1v) is 15.9. The van der Waals surface area contributed by atoms with E-state index in [0.717, 1.165) is 15.4 Å². The van der Waals surface area contributed by atoms with Crippen LogP contribution in [0.1, 0.15) is 38.3 Å². The molecule has 0 spiro atoms. The highest BCUT2D eigenvalue weighted by atomic mass is 35.5. The van der Waals surface area contributed by atoms with E-state index >= 15 is 0 Å². The van der Waals surface area contributed by atoms with Crippen molar-refractivity contribution < 1.29 is 32.2 Å². The van der Waals surface area contributed by atoms with Gasteiger partial charge in [0.25, 0.3) is 10.0 Å². The lowest BCUT2D eigenvalue weighted by molar-refractivity contribution is -0.140. The number of nitrogens with zero attached hydrogens (tertiary/aromatic N) is 2. The molecule has 0 heterocycles. The number of sulfonamides is 1. The molecule has 1 N–H and O–H groups in total. The van der Waals surface area contributed by atoms with Crippen LogP contribution in [0.25, 0.3) is 0 Å². The van der Waals surface area contributed by atoms with Crippen molar-refractivity contribution in [1.82, 2.24) is 10.2 Å². The standard InChI is InChI=1S/C32H40ClN3O7S/c1-8-26(32(38)34-21(2)3)35(19-23-11-9-10-22(4)16-23)31(37)20-36(27-17-24(33)12-14-28(27)41-5)44(39,40)25-13-15-29(42-6)30(18-25)43-7/h9-18,21,26H,8,19-20H2,1-7H3,(H,34,38). The number of amides is 2. The summed E-state index contributed by atoms with van der Waals surface area (Å²) < 4.78 is 45.7. The number of hydrogen-bond donors (Lipinski definition) is 1. The number of carbonyl (C=O) groups is 2. The highest BCUT2D eigenvalue weighted by Gasteiger charge is 2.35. The molecule has 0 bridgehead atoms. The van der Waals surface area contributed by atoms with Crippen LogP contribution in [-0.2, 0) is 26.2 Å². The van der Waals surface area contributed by atoms with E-state index in [4.69, 9.17) is 25.8 Å². The summed E-state index contributed by atoms with van der Waals surface area (Å²) in [7, 11) is -0.202. The molecule has 0 aliphatic heterocycles. The minimum atomic E-state index is -4.43. The van der Waals surface area contributed by atoms with Gasteiger partial charge in [-0.1, -0.05) is 48.4 Å². The largest absolute Gasteiger partial charge is 0.495 e. The van der Waals surface area contributed by atoms with E-state index in [2.05, 4.69) is 5.32 Å². The molecular weight excluding hydrogens is 606 g/mol. The van der Waals surface area contributed by atoms with Gasteiger partial charge in [0.05, 0.1) is 31.9 Å². The van der Waals surface area contributed by atoms with Crippen molar-refractivity contribution in [3.8, 4) is 17.2 Å². The molecule has 0 saturated heterocycles. The second kappa shape index (κ2) is 15.2. The van der Waals surface area contributed by atoms with Crippen LogP contribution in [0.5, 0.6) is 17.2 Å². The fraction of sp³-hybridized carbons (Fsp3) is 0.375. The molecule has 238 valence electrons. The third-order valence-corrected chi connectivity index (χ3v) is 8.87. The first-order chi connectivity index (χ1) is 20.9. The van der Waals surface area contributed by atoms with Crippen molar-refractivity contribution in [1.29, 1.82) is 0 Å². The molecule has 0 aromatic heterocycles. The summed E-state index contributed by atoms with van der Waals surface area (Å²) in [4.78, 5) is 28.9. The molecular formula is C32H40ClN3O7S. The molecule has 0 aliphatic carbocycles. The van der Waals surface area contributed by atoms with Crippen LogP contribution in [0.15, 0.2) is 65.6 Å². The van der Waals surface area contributed by atoms with Crippen LogP contribution in [0.4, 0.5) is 5.69 Å². The van der Waals surface area contributed by atoms with Crippen LogP contribution in [0.2, 0.25) is 5.02 Å². The van der Waals surface area contributed by atoms with E-state index in [1.54, 1.807) is 13.0 Å². The van der Waals surface area contributed by atoms with Gasteiger partial charge in [0, 0.05) is 23.7 Å². The zero-order valence-electron chi connectivity index (χ0n) is 26.1. The Balaban J connectivity index is 2.18. The second-order valence-electron chi connectivity index (χ2n) is 10.4. The average molecular weight is 646 g/mol. The molecule has 3 rings (SSSR count). The smallest absolute Gasteiger partial charge is 0.265 e. The lowest BCUT2D eigenvalue weighted by Gasteiger charge is -2.34. The van der Waals surface area contributed by atoms with Gasteiger partial charge in [0.2, 0.25) is 11.8 Å². The summed E-state index contributed by atoms with van der Waals surface area (Å²) in [5, 5.41) is 3.12. The van der Waals surface area contributed by atoms with E-state index in [1.165, 1.54) is 56.6 Å². The maximum atomic E-state index is 14.3. The van der Waals surface area contributed by atoms with E-state index in [1.807, 2.05) is 45.0 Å². The Morgan fingerprint density at radius 2 is 1.57 bits per heavy atom. The lowest BCUT2D eigenvalue weighted by atomic mass is 10.1. The van der Waals surface area contributed by atoms with E-state index in [0.29, 0.717) is 12.2 Å². The van der Waals surface area contributed by atoms with Crippen molar-refractivity contribution >= 4 is 39.1 Å². The number of nitrogens with one attached hydrogen (secondary N) is 1. The average Bonchev–Trinajstić information content (AvgIpc) is 2.98. The Labute approximate surface area is 264 Å². The Bertz CT molecular complexity index is 1580. The first-order valence-electron chi connectivity index (χ1n) is 14.1. The van der Waals surface area contributed by atoms with Gasteiger partial charge >= 0.3 is 0 Å². The van der Waals surface area contributed by atoms with Crippen molar-refractivity contribution in [3.05, 3.63) is 76.8 Å². The molecule has 0 saturated carbocycles. The summed E-state index contributed by atoms with van der Waals surface area (Å²) in [6.45, 7) is 6.84. The van der Waals surface area contributed by atoms with Gasteiger partial charge in [-0.25, -0.2) is 8.42 Å². The highest BCUT2D eigenvalue weighted by molar-refractivity contribution is 7.92. The maximum Gasteiger partial charge on any atom is 0.265 e. The fourth-order valence-corrected chi connectivity index (χ4v) is 6.38. The summed E-state index contributed by atoms with van der Waals surface area (Å²) in [6.07, 6.45) is 0.305. The molecule has 2 amide bonds. The Hall–Kier alpha value is -3.96. The summed E-state index contributed by atoms with van der Waals surface area (Å²) >= 11 is 6.32. The number of methoxy groups -OCH3 is 3. The second-order valence-corrected chi connectivity index (χ2v) is 12.7. The maximum absolute atomic E-state index is 14.3.